The number of amides is 1. The first-order chi connectivity index (χ1) is 25.9. The summed E-state index contributed by atoms with van der Waals surface area (Å²) in [5.41, 5.74) is 0.564. The Morgan fingerprint density at radius 2 is 1.84 bits per heavy atom. The number of aromatic nitrogens is 4. The van der Waals surface area contributed by atoms with Gasteiger partial charge in [0.05, 0.1) is 53.7 Å². The number of fused-ring (bicyclic) bond motifs is 2. The molecule has 0 radical (unpaired) electrons. The van der Waals surface area contributed by atoms with Gasteiger partial charge in [-0.25, -0.2) is 9.48 Å². The van der Waals surface area contributed by atoms with E-state index in [1.54, 1.807) is 35.3 Å². The zero-order valence-corrected chi connectivity index (χ0v) is 34.1. The topological polar surface area (TPSA) is 125 Å². The number of piperazine rings is 1. The smallest absolute Gasteiger partial charge is 0.418 e. The highest BCUT2D eigenvalue weighted by molar-refractivity contribution is 6.76. The summed E-state index contributed by atoms with van der Waals surface area (Å²) in [5.74, 6) is 0.615. The van der Waals surface area contributed by atoms with Gasteiger partial charge >= 0.3 is 18.3 Å². The second-order valence-corrected chi connectivity index (χ2v) is 22.7. The van der Waals surface area contributed by atoms with Crippen molar-refractivity contribution in [1.82, 2.24) is 29.5 Å². The van der Waals surface area contributed by atoms with Gasteiger partial charge in [0.15, 0.2) is 0 Å². The van der Waals surface area contributed by atoms with Crippen molar-refractivity contribution < 1.29 is 32.2 Å². The Hall–Kier alpha value is -4.14. The molecule has 2 atom stereocenters. The van der Waals surface area contributed by atoms with E-state index in [2.05, 4.69) is 42.8 Å². The number of anilines is 2. The van der Waals surface area contributed by atoms with Crippen LogP contribution in [0.2, 0.25) is 25.7 Å². The van der Waals surface area contributed by atoms with E-state index in [9.17, 15) is 23.2 Å². The molecule has 0 aliphatic carbocycles. The van der Waals surface area contributed by atoms with Gasteiger partial charge in [0.25, 0.3) is 0 Å². The van der Waals surface area contributed by atoms with Gasteiger partial charge in [-0.15, -0.1) is 0 Å². The van der Waals surface area contributed by atoms with E-state index in [1.807, 2.05) is 4.90 Å². The van der Waals surface area contributed by atoms with Crippen LogP contribution in [0.25, 0.3) is 10.9 Å². The maximum atomic E-state index is 14.7. The summed E-state index contributed by atoms with van der Waals surface area (Å²) in [6.45, 7) is 15.6. The van der Waals surface area contributed by atoms with Crippen LogP contribution in [0.4, 0.5) is 29.5 Å². The fourth-order valence-corrected chi connectivity index (χ4v) is 8.25. The first-order valence-corrected chi connectivity index (χ1v) is 22.9. The molecule has 3 aliphatic heterocycles. The lowest BCUT2D eigenvalue weighted by molar-refractivity contribution is -0.137. The molecule has 3 aromatic rings. The maximum Gasteiger partial charge on any atom is 0.418 e. The van der Waals surface area contributed by atoms with Crippen LogP contribution in [0.3, 0.4) is 0 Å². The number of benzene rings is 1. The Morgan fingerprint density at radius 3 is 2.51 bits per heavy atom. The average Bonchev–Trinajstić information content (AvgIpc) is 3.72. The van der Waals surface area contributed by atoms with Crippen molar-refractivity contribution in [3.63, 3.8) is 0 Å². The van der Waals surface area contributed by atoms with Crippen LogP contribution >= 0.6 is 0 Å². The van der Waals surface area contributed by atoms with Crippen molar-refractivity contribution in [2.75, 3.05) is 62.8 Å². The number of nitrogens with zero attached hydrogens (tertiary/aromatic N) is 9. The van der Waals surface area contributed by atoms with E-state index < -0.39 is 37.5 Å². The van der Waals surface area contributed by atoms with Crippen molar-refractivity contribution in [2.45, 2.75) is 109 Å². The van der Waals surface area contributed by atoms with Crippen LogP contribution in [0, 0.1) is 11.3 Å². The number of carbonyl (C=O) groups excluding carboxylic acids is 1. The Balaban J connectivity index is 1.33. The molecule has 300 valence electrons. The number of likely N-dealkylation sites (N-methyl/N-ethyl adjacent to an activating group) is 1. The van der Waals surface area contributed by atoms with Crippen LogP contribution in [0.15, 0.2) is 18.3 Å². The van der Waals surface area contributed by atoms with Crippen molar-refractivity contribution >= 4 is 36.6 Å². The molecule has 2 aromatic heterocycles. The summed E-state index contributed by atoms with van der Waals surface area (Å²) in [5, 5.41) is 14.6. The van der Waals surface area contributed by atoms with E-state index in [0.717, 1.165) is 37.1 Å². The fraction of sp³-hybridized carbons (Fsp3) is 0.658. The largest absolute Gasteiger partial charge is 0.462 e. The summed E-state index contributed by atoms with van der Waals surface area (Å²) in [4.78, 5) is 30.5. The Kier molecular flexibility index (Phi) is 11.9. The number of halogens is 3. The lowest BCUT2D eigenvalue weighted by Gasteiger charge is -2.42. The summed E-state index contributed by atoms with van der Waals surface area (Å²) in [6.07, 6.45) is -1.09. The molecule has 5 heterocycles. The number of carbonyl (C=O) groups is 1. The standard InChI is InChI=1S/C38H54F3N9O4Si/c1-37(2,3)54-36(51)49-18-17-48(22-26(49)12-14-42)34-28-13-16-47(23-31(28)44-35(45-34)53-24-27-9-8-15-46(27)4)33-29-21-43-50(25-52-19-20-55(5,6)7)32(29)11-10-30(33)38(39,40)41/h10-11,21,26-27H,8-9,12-13,15-20,22-25H2,1-7H3/t26?,27-/m1/s1. The number of hydrogen-bond acceptors (Lipinski definition) is 11. The summed E-state index contributed by atoms with van der Waals surface area (Å²) in [7, 11) is 0.729. The van der Waals surface area contributed by atoms with Crippen molar-refractivity contribution in [3.05, 3.63) is 35.2 Å². The number of nitriles is 1. The Labute approximate surface area is 322 Å². The van der Waals surface area contributed by atoms with E-state index in [-0.39, 0.29) is 44.0 Å². The van der Waals surface area contributed by atoms with Crippen molar-refractivity contribution in [2.24, 2.45) is 0 Å². The minimum atomic E-state index is -4.61. The van der Waals surface area contributed by atoms with Gasteiger partial charge in [0, 0.05) is 57.9 Å². The van der Waals surface area contributed by atoms with Gasteiger partial charge in [-0.05, 0) is 71.8 Å². The van der Waals surface area contributed by atoms with Gasteiger partial charge in [0.2, 0.25) is 0 Å². The summed E-state index contributed by atoms with van der Waals surface area (Å²) >= 11 is 0. The number of likely N-dealkylation sites (tertiary alicyclic amines) is 1. The SMILES string of the molecule is CN1CCC[C@@H]1COc1nc2c(c(N3CCN(C(=O)OC(C)(C)C)C(CC#N)C3)n1)CCN(c1c(C(F)(F)F)ccc3c1cnn3COCC[Si](C)(C)C)C2. The zero-order valence-electron chi connectivity index (χ0n) is 33.1. The van der Waals surface area contributed by atoms with Gasteiger partial charge < -0.3 is 33.8 Å². The molecule has 0 saturated carbocycles. The van der Waals surface area contributed by atoms with Gasteiger partial charge in [-0.1, -0.05) is 19.6 Å². The highest BCUT2D eigenvalue weighted by Gasteiger charge is 2.39. The van der Waals surface area contributed by atoms with E-state index in [4.69, 9.17) is 24.2 Å². The number of ether oxygens (including phenoxy) is 3. The highest BCUT2D eigenvalue weighted by Crippen LogP contribution is 2.43. The number of alkyl halides is 3. The molecule has 17 heteroatoms. The summed E-state index contributed by atoms with van der Waals surface area (Å²) < 4.78 is 63.7. The third-order valence-corrected chi connectivity index (χ3v) is 12.2. The third-order valence-electron chi connectivity index (χ3n) is 10.5. The number of hydrogen-bond donors (Lipinski definition) is 0. The molecule has 1 amide bonds. The first-order valence-electron chi connectivity index (χ1n) is 19.1. The second-order valence-electron chi connectivity index (χ2n) is 17.0. The molecule has 2 fully saturated rings. The van der Waals surface area contributed by atoms with E-state index >= 15 is 0 Å². The molecule has 2 saturated heterocycles. The molecule has 55 heavy (non-hydrogen) atoms. The zero-order chi connectivity index (χ0) is 39.7. The molecule has 3 aliphatic rings. The maximum absolute atomic E-state index is 14.7. The Bertz CT molecular complexity index is 1890. The lowest BCUT2D eigenvalue weighted by Crippen LogP contribution is -2.56. The van der Waals surface area contributed by atoms with Gasteiger partial charge in [-0.3, -0.25) is 0 Å². The number of rotatable bonds is 11. The monoisotopic (exact) mass is 785 g/mol. The molecular weight excluding hydrogens is 732 g/mol. The molecule has 1 unspecified atom stereocenters. The normalized spacial score (nSPS) is 19.8. The predicted octanol–water partition coefficient (Wildman–Crippen LogP) is 6.53. The predicted molar refractivity (Wildman–Crippen MR) is 206 cm³/mol. The van der Waals surface area contributed by atoms with E-state index in [0.29, 0.717) is 61.7 Å². The van der Waals surface area contributed by atoms with E-state index in [1.165, 1.54) is 12.3 Å². The molecule has 6 rings (SSSR count). The Morgan fingerprint density at radius 1 is 1.05 bits per heavy atom. The third kappa shape index (κ3) is 9.64. The summed E-state index contributed by atoms with van der Waals surface area (Å²) in [6, 6.07) is 5.67. The molecule has 0 spiro atoms. The van der Waals surface area contributed by atoms with Gasteiger partial charge in [0.1, 0.15) is 24.8 Å². The highest BCUT2D eigenvalue weighted by atomic mass is 28.3. The second kappa shape index (κ2) is 16.1. The van der Waals surface area contributed by atoms with Crippen LogP contribution in [0.1, 0.15) is 56.9 Å². The van der Waals surface area contributed by atoms with Crippen LogP contribution in [0.5, 0.6) is 6.01 Å². The minimum Gasteiger partial charge on any atom is -0.462 e. The average molecular weight is 786 g/mol. The van der Waals surface area contributed by atoms with Crippen molar-refractivity contribution in [1.29, 1.82) is 5.26 Å². The first kappa shape index (κ1) is 40.5. The molecule has 0 N–H and O–H groups in total. The minimum absolute atomic E-state index is 0.0549. The quantitative estimate of drug-likeness (QED) is 0.156. The molecular formula is C38H54F3N9O4Si. The van der Waals surface area contributed by atoms with Crippen molar-refractivity contribution in [3.8, 4) is 12.1 Å². The van der Waals surface area contributed by atoms with Crippen LogP contribution in [-0.2, 0) is 35.3 Å². The van der Waals surface area contributed by atoms with Crippen LogP contribution in [-0.4, -0.2) is 114 Å². The molecule has 1 aromatic carbocycles. The molecule has 13 nitrogen and oxygen atoms in total. The lowest BCUT2D eigenvalue weighted by atomic mass is 10.00. The van der Waals surface area contributed by atoms with Crippen LogP contribution < -0.4 is 14.5 Å². The molecule has 0 bridgehead atoms. The van der Waals surface area contributed by atoms with Gasteiger partial charge in [-0.2, -0.15) is 33.5 Å². The fourth-order valence-electron chi connectivity index (χ4n) is 7.50.